The molecule has 0 aromatic carbocycles. The lowest BCUT2D eigenvalue weighted by molar-refractivity contribution is 0.343. The van der Waals surface area contributed by atoms with Crippen molar-refractivity contribution in [2.75, 3.05) is 20.6 Å². The highest BCUT2D eigenvalue weighted by Gasteiger charge is 2.03. The Hall–Kier alpha value is -1.18. The van der Waals surface area contributed by atoms with Gasteiger partial charge in [0.15, 0.2) is 0 Å². The van der Waals surface area contributed by atoms with Crippen LogP contribution in [0.25, 0.3) is 0 Å². The summed E-state index contributed by atoms with van der Waals surface area (Å²) in [5.41, 5.74) is 0. The lowest BCUT2D eigenvalue weighted by Gasteiger charge is -2.27. The van der Waals surface area contributed by atoms with Gasteiger partial charge in [-0.1, -0.05) is 18.7 Å². The average molecular weight is 150 g/mol. The molecule has 1 rings (SSSR count). The maximum atomic E-state index is 3.94. The SMILES string of the molecule is C=C1N(C)C=CC=CCN1C. The van der Waals surface area contributed by atoms with Crippen molar-refractivity contribution in [2.24, 2.45) is 0 Å². The Morgan fingerprint density at radius 2 is 2.09 bits per heavy atom. The molecule has 1 heterocycles. The lowest BCUT2D eigenvalue weighted by Crippen LogP contribution is -2.27. The minimum atomic E-state index is 0.924. The third-order valence-corrected chi connectivity index (χ3v) is 1.78. The van der Waals surface area contributed by atoms with Crippen molar-refractivity contribution in [3.05, 3.63) is 36.8 Å². The second kappa shape index (κ2) is 3.28. The van der Waals surface area contributed by atoms with Crippen LogP contribution in [0, 0.1) is 0 Å². The molecule has 0 unspecified atom stereocenters. The molecular formula is C9H14N2. The summed E-state index contributed by atoms with van der Waals surface area (Å²) >= 11 is 0. The molecule has 0 atom stereocenters. The summed E-state index contributed by atoms with van der Waals surface area (Å²) in [5, 5.41) is 0. The van der Waals surface area contributed by atoms with Crippen molar-refractivity contribution in [1.82, 2.24) is 9.80 Å². The van der Waals surface area contributed by atoms with Crippen molar-refractivity contribution < 1.29 is 0 Å². The van der Waals surface area contributed by atoms with E-state index in [9.17, 15) is 0 Å². The van der Waals surface area contributed by atoms with E-state index >= 15 is 0 Å². The number of hydrogen-bond donors (Lipinski definition) is 0. The fraction of sp³-hybridized carbons (Fsp3) is 0.333. The Balaban J connectivity index is 2.75. The van der Waals surface area contributed by atoms with Crippen LogP contribution in [0.3, 0.4) is 0 Å². The van der Waals surface area contributed by atoms with Gasteiger partial charge in [0.05, 0.1) is 0 Å². The first-order valence-electron chi connectivity index (χ1n) is 3.68. The predicted octanol–water partition coefficient (Wildman–Crippen LogP) is 1.40. The first-order chi connectivity index (χ1) is 5.22. The highest BCUT2D eigenvalue weighted by atomic mass is 15.3. The van der Waals surface area contributed by atoms with Gasteiger partial charge in [-0.2, -0.15) is 0 Å². The molecule has 1 aliphatic heterocycles. The second-order valence-corrected chi connectivity index (χ2v) is 2.68. The van der Waals surface area contributed by atoms with Crippen LogP contribution in [0.15, 0.2) is 36.8 Å². The molecule has 0 radical (unpaired) electrons. The molecule has 1 aliphatic rings. The number of likely N-dealkylation sites (N-methyl/N-ethyl adjacent to an activating group) is 1. The maximum Gasteiger partial charge on any atom is 0.100 e. The monoisotopic (exact) mass is 150 g/mol. The van der Waals surface area contributed by atoms with Gasteiger partial charge in [-0.25, -0.2) is 0 Å². The van der Waals surface area contributed by atoms with E-state index in [2.05, 4.69) is 17.6 Å². The summed E-state index contributed by atoms with van der Waals surface area (Å²) < 4.78 is 0. The highest BCUT2D eigenvalue weighted by Crippen LogP contribution is 2.06. The van der Waals surface area contributed by atoms with E-state index in [1.807, 2.05) is 37.3 Å². The summed E-state index contributed by atoms with van der Waals surface area (Å²) in [4.78, 5) is 4.10. The van der Waals surface area contributed by atoms with Gasteiger partial charge in [-0.3, -0.25) is 0 Å². The quantitative estimate of drug-likeness (QED) is 0.515. The van der Waals surface area contributed by atoms with Crippen molar-refractivity contribution in [3.63, 3.8) is 0 Å². The molecule has 0 aromatic rings. The van der Waals surface area contributed by atoms with E-state index in [0.29, 0.717) is 0 Å². The fourth-order valence-corrected chi connectivity index (χ4v) is 0.937. The van der Waals surface area contributed by atoms with E-state index in [0.717, 1.165) is 12.4 Å². The standard InChI is InChI=1S/C9H14N2/c1-9-10(2)7-5-4-6-8-11(9)3/h4-7H,1,8H2,2-3H3. The first kappa shape index (κ1) is 7.92. The molecule has 0 spiro atoms. The second-order valence-electron chi connectivity index (χ2n) is 2.68. The van der Waals surface area contributed by atoms with E-state index < -0.39 is 0 Å². The third-order valence-electron chi connectivity index (χ3n) is 1.78. The Morgan fingerprint density at radius 3 is 2.82 bits per heavy atom. The van der Waals surface area contributed by atoms with Crippen LogP contribution in [-0.4, -0.2) is 30.4 Å². The predicted molar refractivity (Wildman–Crippen MR) is 47.8 cm³/mol. The van der Waals surface area contributed by atoms with Gasteiger partial charge >= 0.3 is 0 Å². The zero-order valence-corrected chi connectivity index (χ0v) is 7.12. The van der Waals surface area contributed by atoms with Crippen LogP contribution >= 0.6 is 0 Å². The molecule has 60 valence electrons. The van der Waals surface area contributed by atoms with Gasteiger partial charge in [0.1, 0.15) is 5.82 Å². The number of nitrogens with zero attached hydrogens (tertiary/aromatic N) is 2. The zero-order chi connectivity index (χ0) is 8.27. The summed E-state index contributed by atoms with van der Waals surface area (Å²) in [5.74, 6) is 1.02. The van der Waals surface area contributed by atoms with E-state index in [-0.39, 0.29) is 0 Å². The van der Waals surface area contributed by atoms with Gasteiger partial charge in [0, 0.05) is 26.8 Å². The van der Waals surface area contributed by atoms with Gasteiger partial charge in [0.2, 0.25) is 0 Å². The molecule has 0 bridgehead atoms. The van der Waals surface area contributed by atoms with Crippen molar-refractivity contribution in [3.8, 4) is 0 Å². The van der Waals surface area contributed by atoms with Crippen molar-refractivity contribution >= 4 is 0 Å². The third kappa shape index (κ3) is 1.87. The fourth-order valence-electron chi connectivity index (χ4n) is 0.937. The molecule has 0 saturated carbocycles. The van der Waals surface area contributed by atoms with Gasteiger partial charge < -0.3 is 9.80 Å². The molecule has 2 nitrogen and oxygen atoms in total. The maximum absolute atomic E-state index is 3.94. The van der Waals surface area contributed by atoms with Crippen LogP contribution in [0.1, 0.15) is 0 Å². The zero-order valence-electron chi connectivity index (χ0n) is 7.12. The Morgan fingerprint density at radius 1 is 1.36 bits per heavy atom. The molecular weight excluding hydrogens is 136 g/mol. The number of hydrogen-bond acceptors (Lipinski definition) is 2. The Kier molecular flexibility index (Phi) is 2.36. The number of allylic oxidation sites excluding steroid dienone is 2. The topological polar surface area (TPSA) is 6.48 Å². The lowest BCUT2D eigenvalue weighted by atomic mass is 10.4. The molecule has 0 amide bonds. The Bertz CT molecular complexity index is 204. The molecule has 0 aliphatic carbocycles. The Labute approximate surface area is 68.1 Å². The molecule has 2 heteroatoms. The molecule has 0 N–H and O–H groups in total. The smallest absolute Gasteiger partial charge is 0.100 e. The van der Waals surface area contributed by atoms with Crippen LogP contribution in [0.4, 0.5) is 0 Å². The largest absolute Gasteiger partial charge is 0.358 e. The number of rotatable bonds is 0. The van der Waals surface area contributed by atoms with Gasteiger partial charge in [-0.05, 0) is 6.08 Å². The van der Waals surface area contributed by atoms with Gasteiger partial charge in [0.25, 0.3) is 0 Å². The van der Waals surface area contributed by atoms with E-state index in [1.54, 1.807) is 0 Å². The average Bonchev–Trinajstić information content (AvgIpc) is 2.00. The molecule has 0 fully saturated rings. The molecule has 11 heavy (non-hydrogen) atoms. The van der Waals surface area contributed by atoms with E-state index in [4.69, 9.17) is 0 Å². The summed E-state index contributed by atoms with van der Waals surface area (Å²) in [7, 11) is 4.02. The molecule has 0 saturated heterocycles. The minimum Gasteiger partial charge on any atom is -0.358 e. The van der Waals surface area contributed by atoms with Crippen molar-refractivity contribution in [1.29, 1.82) is 0 Å². The van der Waals surface area contributed by atoms with Crippen LogP contribution in [0.5, 0.6) is 0 Å². The normalized spacial score (nSPS) is 18.5. The summed E-state index contributed by atoms with van der Waals surface area (Å²) in [6.07, 6.45) is 8.15. The van der Waals surface area contributed by atoms with Crippen LogP contribution in [0.2, 0.25) is 0 Å². The summed E-state index contributed by atoms with van der Waals surface area (Å²) in [6, 6.07) is 0. The minimum absolute atomic E-state index is 0.924. The van der Waals surface area contributed by atoms with E-state index in [1.165, 1.54) is 0 Å². The first-order valence-corrected chi connectivity index (χ1v) is 3.68. The van der Waals surface area contributed by atoms with Crippen molar-refractivity contribution in [2.45, 2.75) is 0 Å². The van der Waals surface area contributed by atoms with Crippen LogP contribution < -0.4 is 0 Å². The molecule has 0 aromatic heterocycles. The highest BCUT2D eigenvalue weighted by molar-refractivity contribution is 5.10. The summed E-state index contributed by atoms with van der Waals surface area (Å²) in [6.45, 7) is 4.87. The van der Waals surface area contributed by atoms with Crippen LogP contribution in [-0.2, 0) is 0 Å². The van der Waals surface area contributed by atoms with Gasteiger partial charge in [-0.15, -0.1) is 0 Å².